The Morgan fingerprint density at radius 3 is 1.30 bits per heavy atom. The zero-order chi connectivity index (χ0) is 32.6. The average molecular weight is 636 g/mol. The van der Waals surface area contributed by atoms with Crippen LogP contribution in [-0.4, -0.2) is 4.57 Å². The number of hydrogen-bond acceptors (Lipinski definition) is 0. The lowest BCUT2D eigenvalue weighted by atomic mass is 10.0. The Kier molecular flexibility index (Phi) is 27.1. The van der Waals surface area contributed by atoms with E-state index < -0.39 is 0 Å². The van der Waals surface area contributed by atoms with Gasteiger partial charge >= 0.3 is 0 Å². The zero-order valence-electron chi connectivity index (χ0n) is 31.3. The maximum atomic E-state index is 2.62. The normalized spacial score (nSPS) is 11.5. The van der Waals surface area contributed by atoms with Gasteiger partial charge < -0.3 is 0 Å². The standard InChI is InChI=1S/C44H79N2/c1-3-5-7-9-11-13-15-17-18-19-20-21-23-25-27-32-38-44-45(39-33-28-26-24-22-16-14-12-10-8-6-4-2)41-42-46(44)40-34-37-43-35-30-29-31-36-43/h29-31,35-36,41-42H,3-28,32-34,37-40H2,1-2H3/q+1. The van der Waals surface area contributed by atoms with Gasteiger partial charge in [0.05, 0.1) is 13.1 Å². The summed E-state index contributed by atoms with van der Waals surface area (Å²) in [5.74, 6) is 1.58. The second-order valence-electron chi connectivity index (χ2n) is 14.6. The van der Waals surface area contributed by atoms with Gasteiger partial charge in [0.25, 0.3) is 5.82 Å². The number of hydrogen-bond donors (Lipinski definition) is 0. The van der Waals surface area contributed by atoms with Crippen molar-refractivity contribution >= 4 is 0 Å². The number of unbranched alkanes of at least 4 members (excludes halogenated alkanes) is 26. The van der Waals surface area contributed by atoms with E-state index in [1.165, 1.54) is 211 Å². The van der Waals surface area contributed by atoms with E-state index in [1.54, 1.807) is 5.82 Å². The van der Waals surface area contributed by atoms with E-state index in [0.29, 0.717) is 0 Å². The van der Waals surface area contributed by atoms with Crippen molar-refractivity contribution < 1.29 is 4.57 Å². The van der Waals surface area contributed by atoms with Crippen LogP contribution >= 0.6 is 0 Å². The van der Waals surface area contributed by atoms with E-state index in [9.17, 15) is 0 Å². The van der Waals surface area contributed by atoms with Gasteiger partial charge in [0.15, 0.2) is 0 Å². The summed E-state index contributed by atoms with van der Waals surface area (Å²) in [4.78, 5) is 0. The molecule has 264 valence electrons. The Morgan fingerprint density at radius 1 is 0.435 bits per heavy atom. The summed E-state index contributed by atoms with van der Waals surface area (Å²) in [6, 6.07) is 11.0. The zero-order valence-corrected chi connectivity index (χ0v) is 31.3. The van der Waals surface area contributed by atoms with Crippen molar-refractivity contribution in [1.82, 2.24) is 4.57 Å². The van der Waals surface area contributed by atoms with Crippen molar-refractivity contribution in [3.8, 4) is 0 Å². The molecule has 46 heavy (non-hydrogen) atoms. The first-order valence-electron chi connectivity index (χ1n) is 21.0. The van der Waals surface area contributed by atoms with Crippen LogP contribution in [0.5, 0.6) is 0 Å². The van der Waals surface area contributed by atoms with Crippen LogP contribution in [-0.2, 0) is 25.9 Å². The van der Waals surface area contributed by atoms with E-state index in [4.69, 9.17) is 0 Å². The van der Waals surface area contributed by atoms with Gasteiger partial charge in [-0.1, -0.05) is 205 Å². The van der Waals surface area contributed by atoms with Gasteiger partial charge in [-0.05, 0) is 37.7 Å². The molecular formula is C44H79N2+. The Hall–Kier alpha value is -1.57. The van der Waals surface area contributed by atoms with E-state index in [1.807, 2.05) is 0 Å². The predicted octanol–water partition coefficient (Wildman–Crippen LogP) is 13.9. The van der Waals surface area contributed by atoms with Gasteiger partial charge in [0, 0.05) is 6.42 Å². The molecule has 0 fully saturated rings. The molecule has 2 aromatic rings. The Balaban J connectivity index is 1.59. The summed E-state index contributed by atoms with van der Waals surface area (Å²) >= 11 is 0. The summed E-state index contributed by atoms with van der Waals surface area (Å²) in [5, 5.41) is 0. The minimum absolute atomic E-state index is 1.15. The van der Waals surface area contributed by atoms with Gasteiger partial charge in [-0.3, -0.25) is 0 Å². The third-order valence-corrected chi connectivity index (χ3v) is 10.3. The smallest absolute Gasteiger partial charge is 0.234 e. The van der Waals surface area contributed by atoms with Gasteiger partial charge in [-0.2, -0.15) is 0 Å². The first-order valence-corrected chi connectivity index (χ1v) is 21.0. The van der Waals surface area contributed by atoms with Crippen LogP contribution in [0.15, 0.2) is 42.7 Å². The van der Waals surface area contributed by atoms with Crippen LogP contribution in [0.1, 0.15) is 211 Å². The SMILES string of the molecule is CCCCCCCCCCCCCCCCCCc1n(CCCCCCCCCCCCCC)cc[n+]1CCCc1ccccc1. The van der Waals surface area contributed by atoms with Crippen molar-refractivity contribution in [3.05, 3.63) is 54.1 Å². The van der Waals surface area contributed by atoms with Crippen molar-refractivity contribution in [1.29, 1.82) is 0 Å². The minimum Gasteiger partial charge on any atom is -0.234 e. The van der Waals surface area contributed by atoms with Crippen molar-refractivity contribution in [2.24, 2.45) is 0 Å². The largest absolute Gasteiger partial charge is 0.256 e. The lowest BCUT2D eigenvalue weighted by Gasteiger charge is -2.07. The molecule has 2 rings (SSSR count). The quantitative estimate of drug-likeness (QED) is 0.0534. The highest BCUT2D eigenvalue weighted by Gasteiger charge is 2.16. The molecule has 0 atom stereocenters. The Bertz CT molecular complexity index is 885. The monoisotopic (exact) mass is 636 g/mol. The molecule has 0 N–H and O–H groups in total. The molecule has 0 saturated carbocycles. The molecule has 0 spiro atoms. The molecule has 0 aliphatic rings. The van der Waals surface area contributed by atoms with E-state index in [0.717, 1.165) is 6.54 Å². The molecule has 1 aromatic heterocycles. The predicted molar refractivity (Wildman–Crippen MR) is 204 cm³/mol. The van der Waals surface area contributed by atoms with Crippen molar-refractivity contribution in [3.63, 3.8) is 0 Å². The van der Waals surface area contributed by atoms with Crippen LogP contribution in [0, 0.1) is 0 Å². The van der Waals surface area contributed by atoms with Crippen molar-refractivity contribution in [2.45, 2.75) is 226 Å². The maximum Gasteiger partial charge on any atom is 0.256 e. The highest BCUT2D eigenvalue weighted by molar-refractivity contribution is 5.14. The van der Waals surface area contributed by atoms with Gasteiger partial charge in [-0.25, -0.2) is 9.13 Å². The van der Waals surface area contributed by atoms with E-state index >= 15 is 0 Å². The molecule has 0 bridgehead atoms. The van der Waals surface area contributed by atoms with Gasteiger partial charge in [0.1, 0.15) is 12.4 Å². The molecule has 0 radical (unpaired) electrons. The Labute approximate surface area is 288 Å². The lowest BCUT2D eigenvalue weighted by molar-refractivity contribution is -0.704. The molecule has 1 heterocycles. The van der Waals surface area contributed by atoms with Crippen LogP contribution in [0.2, 0.25) is 0 Å². The summed E-state index contributed by atoms with van der Waals surface area (Å²) in [7, 11) is 0. The van der Waals surface area contributed by atoms with Gasteiger partial charge in [-0.15, -0.1) is 0 Å². The number of rotatable bonds is 34. The summed E-state index contributed by atoms with van der Waals surface area (Å²) in [5.41, 5.74) is 1.47. The van der Waals surface area contributed by atoms with Crippen molar-refractivity contribution in [2.75, 3.05) is 0 Å². The van der Waals surface area contributed by atoms with Crippen LogP contribution in [0.25, 0.3) is 0 Å². The first-order chi connectivity index (χ1) is 22.8. The van der Waals surface area contributed by atoms with Crippen LogP contribution < -0.4 is 4.57 Å². The topological polar surface area (TPSA) is 8.81 Å². The van der Waals surface area contributed by atoms with E-state index in [2.05, 4.69) is 65.7 Å². The fourth-order valence-electron chi connectivity index (χ4n) is 7.24. The van der Waals surface area contributed by atoms with E-state index in [-0.39, 0.29) is 0 Å². The number of nitrogens with zero attached hydrogens (tertiary/aromatic N) is 2. The molecule has 2 nitrogen and oxygen atoms in total. The molecule has 0 aliphatic heterocycles. The summed E-state index contributed by atoms with van der Waals surface area (Å²) in [6.07, 6.45) is 48.6. The Morgan fingerprint density at radius 2 is 0.848 bits per heavy atom. The fraction of sp³-hybridized carbons (Fsp3) is 0.795. The third-order valence-electron chi connectivity index (χ3n) is 10.3. The number of aryl methyl sites for hydroxylation is 3. The lowest BCUT2D eigenvalue weighted by Crippen LogP contribution is -2.37. The second-order valence-corrected chi connectivity index (χ2v) is 14.6. The molecule has 0 aliphatic carbocycles. The minimum atomic E-state index is 1.15. The summed E-state index contributed by atoms with van der Waals surface area (Å²) in [6.45, 7) is 6.97. The number of benzene rings is 1. The molecule has 1 aromatic carbocycles. The molecule has 0 amide bonds. The highest BCUT2D eigenvalue weighted by atomic mass is 15.1. The third kappa shape index (κ3) is 22.1. The molecule has 2 heteroatoms. The first kappa shape index (κ1) is 40.6. The van der Waals surface area contributed by atoms with Crippen LogP contribution in [0.4, 0.5) is 0 Å². The van der Waals surface area contributed by atoms with Crippen LogP contribution in [0.3, 0.4) is 0 Å². The fourth-order valence-corrected chi connectivity index (χ4v) is 7.24. The molecule has 0 unspecified atom stereocenters. The average Bonchev–Trinajstić information content (AvgIpc) is 3.46. The maximum absolute atomic E-state index is 2.62. The van der Waals surface area contributed by atoms with Gasteiger partial charge in [0.2, 0.25) is 0 Å². The highest BCUT2D eigenvalue weighted by Crippen LogP contribution is 2.16. The number of aromatic nitrogens is 2. The number of imidazole rings is 1. The summed E-state index contributed by atoms with van der Waals surface area (Å²) < 4.78 is 5.21. The second kappa shape index (κ2) is 30.7. The molecule has 0 saturated heterocycles. The molecular weight excluding hydrogens is 556 g/mol.